The Morgan fingerprint density at radius 3 is 2.77 bits per heavy atom. The quantitative estimate of drug-likeness (QED) is 0.883. The van der Waals surface area contributed by atoms with Gasteiger partial charge >= 0.3 is 0 Å². The Morgan fingerprint density at radius 1 is 1.35 bits per heavy atom. The van der Waals surface area contributed by atoms with Crippen LogP contribution in [-0.2, 0) is 6.54 Å². The van der Waals surface area contributed by atoms with Crippen LogP contribution in [0.1, 0.15) is 39.6 Å². The smallest absolute Gasteiger partial charge is 0.291 e. The maximum absolute atomic E-state index is 12.3. The topological polar surface area (TPSA) is 74.5 Å². The standard InChI is InChI=1S/C19H27N5O2/c1-12-7-9-26-16(12)10-20-15-6-8-24(11-15)18-13(2)14(3)21-17(22-18)19(25)23(4)5/h7,9,15,20H,6,8,10-11H2,1-5H3/t15-/m1/s1. The van der Waals surface area contributed by atoms with Gasteiger partial charge in [0.25, 0.3) is 5.91 Å². The van der Waals surface area contributed by atoms with Crippen LogP contribution in [0, 0.1) is 20.8 Å². The number of hydrogen-bond acceptors (Lipinski definition) is 6. The van der Waals surface area contributed by atoms with Crippen LogP contribution in [0.2, 0.25) is 0 Å². The molecule has 0 aromatic carbocycles. The van der Waals surface area contributed by atoms with Gasteiger partial charge in [-0.15, -0.1) is 0 Å². The number of rotatable bonds is 5. The summed E-state index contributed by atoms with van der Waals surface area (Å²) >= 11 is 0. The van der Waals surface area contributed by atoms with Crippen LogP contribution >= 0.6 is 0 Å². The predicted octanol–water partition coefficient (Wildman–Crippen LogP) is 2.07. The highest BCUT2D eigenvalue weighted by atomic mass is 16.3. The van der Waals surface area contributed by atoms with E-state index in [0.29, 0.717) is 6.04 Å². The third kappa shape index (κ3) is 3.72. The molecule has 3 heterocycles. The number of anilines is 1. The summed E-state index contributed by atoms with van der Waals surface area (Å²) in [6, 6.07) is 2.34. The minimum Gasteiger partial charge on any atom is -0.468 e. The second-order valence-electron chi connectivity index (χ2n) is 7.12. The van der Waals surface area contributed by atoms with Crippen LogP contribution in [0.25, 0.3) is 0 Å². The fraction of sp³-hybridized carbons (Fsp3) is 0.526. The van der Waals surface area contributed by atoms with E-state index in [1.54, 1.807) is 20.4 Å². The number of carbonyl (C=O) groups excluding carboxylic acids is 1. The molecular formula is C19H27N5O2. The lowest BCUT2D eigenvalue weighted by molar-refractivity contribution is 0.0815. The summed E-state index contributed by atoms with van der Waals surface area (Å²) in [5.41, 5.74) is 3.05. The summed E-state index contributed by atoms with van der Waals surface area (Å²) < 4.78 is 5.50. The van der Waals surface area contributed by atoms with Crippen molar-refractivity contribution in [3.8, 4) is 0 Å². The average Bonchev–Trinajstić information content (AvgIpc) is 3.23. The van der Waals surface area contributed by atoms with E-state index in [1.165, 1.54) is 10.5 Å². The zero-order valence-electron chi connectivity index (χ0n) is 16.2. The molecule has 1 fully saturated rings. The van der Waals surface area contributed by atoms with Gasteiger partial charge < -0.3 is 19.5 Å². The molecule has 1 amide bonds. The Hall–Kier alpha value is -2.41. The van der Waals surface area contributed by atoms with Gasteiger partial charge in [-0.05, 0) is 38.8 Å². The van der Waals surface area contributed by atoms with Crippen LogP contribution in [-0.4, -0.2) is 54.0 Å². The number of amides is 1. The van der Waals surface area contributed by atoms with E-state index >= 15 is 0 Å². The van der Waals surface area contributed by atoms with E-state index in [-0.39, 0.29) is 11.7 Å². The van der Waals surface area contributed by atoms with Gasteiger partial charge in [-0.1, -0.05) is 0 Å². The fourth-order valence-corrected chi connectivity index (χ4v) is 3.16. The highest BCUT2D eigenvalue weighted by Crippen LogP contribution is 2.24. The van der Waals surface area contributed by atoms with E-state index in [1.807, 2.05) is 19.9 Å². The van der Waals surface area contributed by atoms with Gasteiger partial charge in [0.2, 0.25) is 5.82 Å². The van der Waals surface area contributed by atoms with Gasteiger partial charge in [-0.3, -0.25) is 4.79 Å². The molecule has 1 aliphatic rings. The highest BCUT2D eigenvalue weighted by molar-refractivity contribution is 5.90. The molecule has 7 nitrogen and oxygen atoms in total. The Balaban J connectivity index is 1.71. The zero-order valence-corrected chi connectivity index (χ0v) is 16.2. The largest absolute Gasteiger partial charge is 0.468 e. The highest BCUT2D eigenvalue weighted by Gasteiger charge is 2.26. The van der Waals surface area contributed by atoms with Crippen molar-refractivity contribution in [2.75, 3.05) is 32.1 Å². The van der Waals surface area contributed by atoms with Crippen LogP contribution in [0.3, 0.4) is 0 Å². The summed E-state index contributed by atoms with van der Waals surface area (Å²) in [7, 11) is 3.43. The monoisotopic (exact) mass is 357 g/mol. The van der Waals surface area contributed by atoms with Gasteiger partial charge in [0.15, 0.2) is 0 Å². The molecule has 7 heteroatoms. The number of hydrogen-bond donors (Lipinski definition) is 1. The molecule has 26 heavy (non-hydrogen) atoms. The molecule has 3 rings (SSSR count). The average molecular weight is 357 g/mol. The summed E-state index contributed by atoms with van der Waals surface area (Å²) in [5, 5.41) is 3.56. The van der Waals surface area contributed by atoms with E-state index in [2.05, 4.69) is 27.1 Å². The Bertz CT molecular complexity index is 799. The van der Waals surface area contributed by atoms with Gasteiger partial charge in [0.05, 0.1) is 12.8 Å². The lowest BCUT2D eigenvalue weighted by Crippen LogP contribution is -2.33. The van der Waals surface area contributed by atoms with Crippen molar-refractivity contribution in [1.29, 1.82) is 0 Å². The zero-order chi connectivity index (χ0) is 18.8. The molecule has 0 spiro atoms. The number of carbonyl (C=O) groups is 1. The molecule has 1 aliphatic heterocycles. The number of aryl methyl sites for hydroxylation is 2. The first-order chi connectivity index (χ1) is 12.4. The number of nitrogens with zero attached hydrogens (tertiary/aromatic N) is 4. The normalized spacial score (nSPS) is 17.0. The van der Waals surface area contributed by atoms with E-state index in [0.717, 1.165) is 48.9 Å². The van der Waals surface area contributed by atoms with E-state index in [9.17, 15) is 4.79 Å². The summed E-state index contributed by atoms with van der Waals surface area (Å²) in [6.45, 7) is 8.48. The van der Waals surface area contributed by atoms with Crippen molar-refractivity contribution >= 4 is 11.7 Å². The summed E-state index contributed by atoms with van der Waals surface area (Å²) in [4.78, 5) is 25.0. The molecule has 0 bridgehead atoms. The van der Waals surface area contributed by atoms with E-state index in [4.69, 9.17) is 4.42 Å². The molecule has 0 aliphatic carbocycles. The first kappa shape index (κ1) is 18.4. The predicted molar refractivity (Wildman–Crippen MR) is 100 cm³/mol. The minimum absolute atomic E-state index is 0.170. The first-order valence-electron chi connectivity index (χ1n) is 8.95. The minimum atomic E-state index is -0.170. The van der Waals surface area contributed by atoms with Gasteiger partial charge in [0, 0.05) is 44.5 Å². The fourth-order valence-electron chi connectivity index (χ4n) is 3.16. The van der Waals surface area contributed by atoms with Gasteiger partial charge in [-0.2, -0.15) is 0 Å². The van der Waals surface area contributed by atoms with Crippen molar-refractivity contribution in [2.24, 2.45) is 0 Å². The number of furan rings is 1. The van der Waals surface area contributed by atoms with Crippen LogP contribution in [0.15, 0.2) is 16.7 Å². The van der Waals surface area contributed by atoms with Crippen LogP contribution in [0.4, 0.5) is 5.82 Å². The Labute approximate surface area is 154 Å². The molecule has 1 saturated heterocycles. The number of aromatic nitrogens is 2. The molecule has 0 radical (unpaired) electrons. The lowest BCUT2D eigenvalue weighted by atomic mass is 10.2. The Kier molecular flexibility index (Phi) is 5.27. The van der Waals surface area contributed by atoms with Crippen molar-refractivity contribution in [1.82, 2.24) is 20.2 Å². The molecule has 140 valence electrons. The van der Waals surface area contributed by atoms with Gasteiger partial charge in [0.1, 0.15) is 11.6 Å². The maximum Gasteiger partial charge on any atom is 0.291 e. The van der Waals surface area contributed by atoms with Crippen molar-refractivity contribution < 1.29 is 9.21 Å². The summed E-state index contributed by atoms with van der Waals surface area (Å²) in [5.74, 6) is 1.93. The molecule has 2 aromatic rings. The van der Waals surface area contributed by atoms with Crippen LogP contribution < -0.4 is 10.2 Å². The van der Waals surface area contributed by atoms with E-state index < -0.39 is 0 Å². The SMILES string of the molecule is Cc1ccoc1CN[C@@H]1CCN(c2nc(C(=O)N(C)C)nc(C)c2C)C1. The first-order valence-corrected chi connectivity index (χ1v) is 8.95. The molecule has 0 saturated carbocycles. The second kappa shape index (κ2) is 7.45. The number of nitrogens with one attached hydrogen (secondary N) is 1. The lowest BCUT2D eigenvalue weighted by Gasteiger charge is -2.22. The molecule has 2 aromatic heterocycles. The third-order valence-electron chi connectivity index (χ3n) is 4.97. The molecular weight excluding hydrogens is 330 g/mol. The van der Waals surface area contributed by atoms with Gasteiger partial charge in [-0.25, -0.2) is 9.97 Å². The third-order valence-corrected chi connectivity index (χ3v) is 4.97. The maximum atomic E-state index is 12.3. The van der Waals surface area contributed by atoms with Crippen molar-refractivity contribution in [3.05, 3.63) is 40.7 Å². The molecule has 0 unspecified atom stereocenters. The molecule has 1 N–H and O–H groups in total. The second-order valence-corrected chi connectivity index (χ2v) is 7.12. The molecule has 1 atom stereocenters. The van der Waals surface area contributed by atoms with Crippen molar-refractivity contribution in [2.45, 2.75) is 39.8 Å². The van der Waals surface area contributed by atoms with Crippen molar-refractivity contribution in [3.63, 3.8) is 0 Å². The Morgan fingerprint density at radius 2 is 2.12 bits per heavy atom. The summed E-state index contributed by atoms with van der Waals surface area (Å²) in [6.07, 6.45) is 2.75. The van der Waals surface area contributed by atoms with Crippen LogP contribution in [0.5, 0.6) is 0 Å².